The molecule has 0 aliphatic carbocycles. The number of hydrogen-bond acceptors (Lipinski definition) is 1. The molecule has 0 aliphatic rings. The molecule has 0 rings (SSSR count). The SMILES string of the molecule is CC.CCCOC(F)(F)F. The lowest BCUT2D eigenvalue weighted by molar-refractivity contribution is -0.324. The van der Waals surface area contributed by atoms with Crippen molar-refractivity contribution in [2.75, 3.05) is 6.61 Å². The molecule has 1 nitrogen and oxygen atoms in total. The highest BCUT2D eigenvalue weighted by Crippen LogP contribution is 2.15. The van der Waals surface area contributed by atoms with Crippen molar-refractivity contribution in [1.29, 1.82) is 0 Å². The van der Waals surface area contributed by atoms with Crippen LogP contribution in [-0.2, 0) is 4.74 Å². The molecule has 0 radical (unpaired) electrons. The predicted molar refractivity (Wildman–Crippen MR) is 33.6 cm³/mol. The van der Waals surface area contributed by atoms with E-state index in [0.29, 0.717) is 6.42 Å². The Labute approximate surface area is 59.2 Å². The molecule has 64 valence electrons. The summed E-state index contributed by atoms with van der Waals surface area (Å²) in [5.41, 5.74) is 0. The van der Waals surface area contributed by atoms with Crippen LogP contribution in [0.5, 0.6) is 0 Å². The maximum absolute atomic E-state index is 11.0. The second-order valence-corrected chi connectivity index (χ2v) is 1.29. The van der Waals surface area contributed by atoms with Crippen molar-refractivity contribution < 1.29 is 17.9 Å². The van der Waals surface area contributed by atoms with Gasteiger partial charge in [-0.05, 0) is 6.42 Å². The molecule has 0 aromatic carbocycles. The maximum atomic E-state index is 11.0. The summed E-state index contributed by atoms with van der Waals surface area (Å²) >= 11 is 0. The standard InChI is InChI=1S/C4H7F3O.C2H6/c1-2-3-8-4(5,6)7;1-2/h2-3H2,1H3;1-2H3. The molecule has 0 saturated carbocycles. The van der Waals surface area contributed by atoms with Crippen LogP contribution >= 0.6 is 0 Å². The van der Waals surface area contributed by atoms with Gasteiger partial charge in [-0.25, -0.2) is 0 Å². The van der Waals surface area contributed by atoms with Gasteiger partial charge >= 0.3 is 6.36 Å². The minimum absolute atomic E-state index is 0.247. The van der Waals surface area contributed by atoms with Crippen LogP contribution in [0.25, 0.3) is 0 Å². The van der Waals surface area contributed by atoms with E-state index in [1.165, 1.54) is 0 Å². The van der Waals surface area contributed by atoms with E-state index >= 15 is 0 Å². The Balaban J connectivity index is 0. The van der Waals surface area contributed by atoms with Gasteiger partial charge in [0.2, 0.25) is 0 Å². The molecule has 0 saturated heterocycles. The van der Waals surface area contributed by atoms with Gasteiger partial charge in [-0.15, -0.1) is 13.2 Å². The van der Waals surface area contributed by atoms with Crippen molar-refractivity contribution in [3.05, 3.63) is 0 Å². The van der Waals surface area contributed by atoms with Crippen molar-refractivity contribution in [1.82, 2.24) is 0 Å². The average molecular weight is 158 g/mol. The third kappa shape index (κ3) is 15.7. The molecule has 4 heteroatoms. The molecule has 0 fully saturated rings. The smallest absolute Gasteiger partial charge is 0.292 e. The normalized spacial score (nSPS) is 10.2. The molecule has 0 atom stereocenters. The van der Waals surface area contributed by atoms with Crippen LogP contribution in [0, 0.1) is 0 Å². The summed E-state index contributed by atoms with van der Waals surface area (Å²) in [5, 5.41) is 0. The maximum Gasteiger partial charge on any atom is 0.522 e. The van der Waals surface area contributed by atoms with Crippen molar-refractivity contribution in [2.45, 2.75) is 33.6 Å². The monoisotopic (exact) mass is 158 g/mol. The molecule has 0 amide bonds. The van der Waals surface area contributed by atoms with E-state index in [9.17, 15) is 13.2 Å². The molecule has 0 spiro atoms. The predicted octanol–water partition coefficient (Wildman–Crippen LogP) is 2.96. The number of hydrogen-bond donors (Lipinski definition) is 0. The first-order valence-corrected chi connectivity index (χ1v) is 3.27. The minimum atomic E-state index is -4.45. The Bertz CT molecular complexity index is 60.5. The second kappa shape index (κ2) is 6.86. The fourth-order valence-corrected chi connectivity index (χ4v) is 0.218. The summed E-state index contributed by atoms with van der Waals surface area (Å²) in [4.78, 5) is 0. The third-order valence-corrected chi connectivity index (χ3v) is 0.470. The Morgan fingerprint density at radius 1 is 1.20 bits per heavy atom. The zero-order valence-corrected chi connectivity index (χ0v) is 6.46. The lowest BCUT2D eigenvalue weighted by atomic mass is 10.5. The Morgan fingerprint density at radius 2 is 1.60 bits per heavy atom. The van der Waals surface area contributed by atoms with Gasteiger partial charge in [-0.1, -0.05) is 20.8 Å². The van der Waals surface area contributed by atoms with Crippen LogP contribution in [0.1, 0.15) is 27.2 Å². The summed E-state index contributed by atoms with van der Waals surface area (Å²) in [6, 6.07) is 0. The first-order chi connectivity index (χ1) is 4.56. The topological polar surface area (TPSA) is 9.23 Å². The second-order valence-electron chi connectivity index (χ2n) is 1.29. The van der Waals surface area contributed by atoms with Gasteiger partial charge in [0.05, 0.1) is 6.61 Å². The highest BCUT2D eigenvalue weighted by atomic mass is 19.4. The van der Waals surface area contributed by atoms with Crippen molar-refractivity contribution in [3.8, 4) is 0 Å². The molecular formula is C6H13F3O. The molecule has 0 N–H and O–H groups in total. The zero-order chi connectivity index (χ0) is 8.62. The number of ether oxygens (including phenoxy) is 1. The van der Waals surface area contributed by atoms with Gasteiger partial charge in [-0.3, -0.25) is 4.74 Å². The van der Waals surface area contributed by atoms with Crippen molar-refractivity contribution in [2.24, 2.45) is 0 Å². The highest BCUT2D eigenvalue weighted by molar-refractivity contribution is 4.27. The summed E-state index contributed by atoms with van der Waals surface area (Å²) in [7, 11) is 0. The van der Waals surface area contributed by atoms with E-state index in [0.717, 1.165) is 0 Å². The first kappa shape index (κ1) is 12.4. The molecule has 0 unspecified atom stereocenters. The van der Waals surface area contributed by atoms with Gasteiger partial charge < -0.3 is 0 Å². The fraction of sp³-hybridized carbons (Fsp3) is 1.00. The molecule has 0 aromatic heterocycles. The van der Waals surface area contributed by atoms with Crippen LogP contribution in [0.2, 0.25) is 0 Å². The van der Waals surface area contributed by atoms with Crippen LogP contribution in [-0.4, -0.2) is 13.0 Å². The van der Waals surface area contributed by atoms with Gasteiger partial charge in [0, 0.05) is 0 Å². The van der Waals surface area contributed by atoms with E-state index in [1.807, 2.05) is 13.8 Å². The molecule has 0 heterocycles. The van der Waals surface area contributed by atoms with E-state index in [-0.39, 0.29) is 6.61 Å². The quantitative estimate of drug-likeness (QED) is 0.600. The molecule has 10 heavy (non-hydrogen) atoms. The summed E-state index contributed by atoms with van der Waals surface area (Å²) in [6.07, 6.45) is -4.06. The number of halogens is 3. The van der Waals surface area contributed by atoms with Crippen molar-refractivity contribution in [3.63, 3.8) is 0 Å². The fourth-order valence-electron chi connectivity index (χ4n) is 0.218. The van der Waals surface area contributed by atoms with Crippen LogP contribution in [0.15, 0.2) is 0 Å². The summed E-state index contributed by atoms with van der Waals surface area (Å²) in [6.45, 7) is 5.37. The van der Waals surface area contributed by atoms with Crippen molar-refractivity contribution >= 4 is 0 Å². The van der Waals surface area contributed by atoms with E-state index < -0.39 is 6.36 Å². The number of rotatable bonds is 2. The molecule has 0 aromatic rings. The first-order valence-electron chi connectivity index (χ1n) is 3.27. The van der Waals surface area contributed by atoms with E-state index in [2.05, 4.69) is 4.74 Å². The van der Waals surface area contributed by atoms with E-state index in [4.69, 9.17) is 0 Å². The molecule has 0 bridgehead atoms. The summed E-state index contributed by atoms with van der Waals surface area (Å²) in [5.74, 6) is 0. The third-order valence-electron chi connectivity index (χ3n) is 0.470. The van der Waals surface area contributed by atoms with Crippen LogP contribution in [0.4, 0.5) is 13.2 Å². The minimum Gasteiger partial charge on any atom is -0.292 e. The van der Waals surface area contributed by atoms with Gasteiger partial charge in [0.1, 0.15) is 0 Å². The van der Waals surface area contributed by atoms with E-state index in [1.54, 1.807) is 6.92 Å². The largest absolute Gasteiger partial charge is 0.522 e. The number of alkyl halides is 3. The lowest BCUT2D eigenvalue weighted by Gasteiger charge is -2.03. The van der Waals surface area contributed by atoms with Crippen LogP contribution in [0.3, 0.4) is 0 Å². The summed E-state index contributed by atoms with van der Waals surface area (Å²) < 4.78 is 36.4. The Morgan fingerprint density at radius 3 is 1.70 bits per heavy atom. The van der Waals surface area contributed by atoms with Crippen LogP contribution < -0.4 is 0 Å². The van der Waals surface area contributed by atoms with Gasteiger partial charge in [0.25, 0.3) is 0 Å². The highest BCUT2D eigenvalue weighted by Gasteiger charge is 2.27. The average Bonchev–Trinajstić information content (AvgIpc) is 1.87. The zero-order valence-electron chi connectivity index (χ0n) is 6.46. The molecule has 0 aliphatic heterocycles. The Hall–Kier alpha value is -0.250. The van der Waals surface area contributed by atoms with Gasteiger partial charge in [-0.2, -0.15) is 0 Å². The van der Waals surface area contributed by atoms with Gasteiger partial charge in [0.15, 0.2) is 0 Å². The Kier molecular flexibility index (Phi) is 8.53. The molecular weight excluding hydrogens is 145 g/mol. The lowest BCUT2D eigenvalue weighted by Crippen LogP contribution is -2.13.